The number of carbonyl (C=O) groups is 1. The van der Waals surface area contributed by atoms with Gasteiger partial charge in [-0.15, -0.1) is 4.80 Å². The predicted octanol–water partition coefficient (Wildman–Crippen LogP) is 2.32. The summed E-state index contributed by atoms with van der Waals surface area (Å²) in [6.45, 7) is 7.29. The zero-order valence-corrected chi connectivity index (χ0v) is 11.9. The highest BCUT2D eigenvalue weighted by Crippen LogP contribution is 2.16. The summed E-state index contributed by atoms with van der Waals surface area (Å²) in [5, 5.41) is 10.7. The van der Waals surface area contributed by atoms with E-state index in [0.717, 1.165) is 5.56 Å². The second-order valence-electron chi connectivity index (χ2n) is 5.31. The second kappa shape index (κ2) is 5.28. The van der Waals surface area contributed by atoms with Crippen LogP contribution in [0.2, 0.25) is 0 Å². The zero-order valence-electron chi connectivity index (χ0n) is 11.9. The number of pyridine rings is 1. The van der Waals surface area contributed by atoms with E-state index < -0.39 is 11.7 Å². The lowest BCUT2D eigenvalue weighted by Gasteiger charge is -2.19. The number of amides is 1. The molecule has 0 saturated heterocycles. The van der Waals surface area contributed by atoms with Crippen molar-refractivity contribution in [2.75, 3.05) is 5.32 Å². The lowest BCUT2D eigenvalue weighted by molar-refractivity contribution is 0.0636. The normalized spacial score (nSPS) is 11.2. The summed E-state index contributed by atoms with van der Waals surface area (Å²) in [6, 6.07) is 1.79. The molecule has 20 heavy (non-hydrogen) atoms. The van der Waals surface area contributed by atoms with Crippen LogP contribution in [0.4, 0.5) is 10.5 Å². The number of anilines is 1. The Labute approximate surface area is 117 Å². The van der Waals surface area contributed by atoms with E-state index >= 15 is 0 Å². The fourth-order valence-corrected chi connectivity index (χ4v) is 1.59. The summed E-state index contributed by atoms with van der Waals surface area (Å²) < 4.78 is 5.18. The third kappa shape index (κ3) is 3.53. The van der Waals surface area contributed by atoms with Crippen molar-refractivity contribution in [1.82, 2.24) is 20.0 Å². The number of hydrogen-bond acceptors (Lipinski definition) is 5. The monoisotopic (exact) mass is 275 g/mol. The highest BCUT2D eigenvalue weighted by molar-refractivity contribution is 5.84. The van der Waals surface area contributed by atoms with E-state index in [2.05, 4.69) is 20.5 Å². The molecular weight excluding hydrogens is 258 g/mol. The first-order chi connectivity index (χ1) is 9.35. The Morgan fingerprint density at radius 3 is 2.50 bits per heavy atom. The molecular formula is C13H17N5O2. The van der Waals surface area contributed by atoms with Crippen molar-refractivity contribution in [3.63, 3.8) is 0 Å². The molecule has 2 aromatic heterocycles. The van der Waals surface area contributed by atoms with Gasteiger partial charge in [-0.25, -0.2) is 9.78 Å². The molecule has 2 heterocycles. The Morgan fingerprint density at radius 2 is 1.95 bits per heavy atom. The van der Waals surface area contributed by atoms with Gasteiger partial charge in [-0.2, -0.15) is 10.2 Å². The van der Waals surface area contributed by atoms with Crippen LogP contribution in [0.3, 0.4) is 0 Å². The minimum atomic E-state index is -0.536. The number of aromatic nitrogens is 4. The molecule has 0 saturated carbocycles. The summed E-state index contributed by atoms with van der Waals surface area (Å²) in [5.74, 6) is 0.615. The van der Waals surface area contributed by atoms with Gasteiger partial charge in [0.1, 0.15) is 5.60 Å². The van der Waals surface area contributed by atoms with Crippen LogP contribution in [0.5, 0.6) is 0 Å². The maximum Gasteiger partial charge on any atom is 0.412 e. The number of rotatable bonds is 2. The van der Waals surface area contributed by atoms with E-state index in [9.17, 15) is 4.79 Å². The smallest absolute Gasteiger partial charge is 0.412 e. The molecule has 7 nitrogen and oxygen atoms in total. The van der Waals surface area contributed by atoms with Crippen molar-refractivity contribution in [1.29, 1.82) is 0 Å². The van der Waals surface area contributed by atoms with E-state index in [1.807, 2.05) is 27.7 Å². The Hall–Kier alpha value is -2.44. The topological polar surface area (TPSA) is 81.9 Å². The summed E-state index contributed by atoms with van der Waals surface area (Å²) in [6.07, 6.45) is 4.18. The lowest BCUT2D eigenvalue weighted by Crippen LogP contribution is -2.27. The maximum atomic E-state index is 11.7. The molecule has 0 fully saturated rings. The van der Waals surface area contributed by atoms with Gasteiger partial charge in [-0.3, -0.25) is 5.32 Å². The molecule has 0 atom stereocenters. The van der Waals surface area contributed by atoms with Crippen molar-refractivity contribution in [2.24, 2.45) is 0 Å². The van der Waals surface area contributed by atoms with Crippen molar-refractivity contribution in [3.8, 4) is 5.82 Å². The van der Waals surface area contributed by atoms with Crippen molar-refractivity contribution in [3.05, 3.63) is 30.2 Å². The quantitative estimate of drug-likeness (QED) is 0.909. The number of hydrogen-bond donors (Lipinski definition) is 1. The van der Waals surface area contributed by atoms with Crippen LogP contribution in [0, 0.1) is 6.92 Å². The van der Waals surface area contributed by atoms with Gasteiger partial charge in [0.15, 0.2) is 5.82 Å². The summed E-state index contributed by atoms with van der Waals surface area (Å²) in [5.41, 5.74) is 0.869. The third-order valence-corrected chi connectivity index (χ3v) is 2.30. The SMILES string of the molecule is Cc1cc(NC(=O)OC(C)(C)C)cnc1-n1nccn1. The highest BCUT2D eigenvalue weighted by atomic mass is 16.6. The van der Waals surface area contributed by atoms with E-state index in [0.29, 0.717) is 11.5 Å². The number of carbonyl (C=O) groups excluding carboxylic acids is 1. The van der Waals surface area contributed by atoms with Crippen LogP contribution in [0.15, 0.2) is 24.7 Å². The second-order valence-corrected chi connectivity index (χ2v) is 5.31. The Morgan fingerprint density at radius 1 is 1.30 bits per heavy atom. The molecule has 0 aliphatic carbocycles. The van der Waals surface area contributed by atoms with Crippen molar-refractivity contribution >= 4 is 11.8 Å². The van der Waals surface area contributed by atoms with Gasteiger partial charge in [-0.05, 0) is 39.3 Å². The summed E-state index contributed by atoms with van der Waals surface area (Å²) in [4.78, 5) is 17.3. The Balaban J connectivity index is 2.12. The average molecular weight is 275 g/mol. The van der Waals surface area contributed by atoms with Crippen LogP contribution in [0.1, 0.15) is 26.3 Å². The van der Waals surface area contributed by atoms with Gasteiger partial charge < -0.3 is 4.74 Å². The van der Waals surface area contributed by atoms with Gasteiger partial charge in [0, 0.05) is 0 Å². The molecule has 2 rings (SSSR count). The fraction of sp³-hybridized carbons (Fsp3) is 0.385. The molecule has 0 spiro atoms. The first-order valence-corrected chi connectivity index (χ1v) is 6.18. The third-order valence-electron chi connectivity index (χ3n) is 2.30. The number of nitrogens with zero attached hydrogens (tertiary/aromatic N) is 4. The molecule has 106 valence electrons. The van der Waals surface area contributed by atoms with E-state index in [1.165, 1.54) is 11.0 Å². The molecule has 1 N–H and O–H groups in total. The molecule has 0 aromatic carbocycles. The van der Waals surface area contributed by atoms with E-state index in [1.54, 1.807) is 18.5 Å². The first kappa shape index (κ1) is 14.0. The Bertz CT molecular complexity index is 602. The van der Waals surface area contributed by atoms with Crippen LogP contribution in [-0.4, -0.2) is 31.7 Å². The molecule has 1 amide bonds. The molecule has 0 unspecified atom stereocenters. The first-order valence-electron chi connectivity index (χ1n) is 6.18. The van der Waals surface area contributed by atoms with Crippen LogP contribution in [-0.2, 0) is 4.74 Å². The standard InChI is InChI=1S/C13H17N5O2/c1-9-7-10(17-12(19)20-13(2,3)4)8-14-11(9)18-15-5-6-16-18/h5-8H,1-4H3,(H,17,19). The molecule has 0 aliphatic heterocycles. The van der Waals surface area contributed by atoms with Gasteiger partial charge in [0.25, 0.3) is 0 Å². The predicted molar refractivity (Wildman–Crippen MR) is 73.7 cm³/mol. The van der Waals surface area contributed by atoms with E-state index in [4.69, 9.17) is 4.74 Å². The van der Waals surface area contributed by atoms with Gasteiger partial charge in [0.05, 0.1) is 24.3 Å². The van der Waals surface area contributed by atoms with Gasteiger partial charge in [-0.1, -0.05) is 0 Å². The maximum absolute atomic E-state index is 11.7. The molecule has 0 aliphatic rings. The van der Waals surface area contributed by atoms with Crippen LogP contribution < -0.4 is 5.32 Å². The molecule has 0 bridgehead atoms. The average Bonchev–Trinajstić information content (AvgIpc) is 2.79. The largest absolute Gasteiger partial charge is 0.444 e. The number of nitrogens with one attached hydrogen (secondary N) is 1. The van der Waals surface area contributed by atoms with E-state index in [-0.39, 0.29) is 0 Å². The van der Waals surface area contributed by atoms with Gasteiger partial charge >= 0.3 is 6.09 Å². The van der Waals surface area contributed by atoms with Crippen molar-refractivity contribution in [2.45, 2.75) is 33.3 Å². The van der Waals surface area contributed by atoms with Crippen LogP contribution in [0.25, 0.3) is 5.82 Å². The minimum absolute atomic E-state index is 0.510. The Kier molecular flexibility index (Phi) is 3.69. The highest BCUT2D eigenvalue weighted by Gasteiger charge is 2.16. The molecule has 0 radical (unpaired) electrons. The minimum Gasteiger partial charge on any atom is -0.444 e. The molecule has 2 aromatic rings. The zero-order chi connectivity index (χ0) is 14.8. The van der Waals surface area contributed by atoms with Crippen LogP contribution >= 0.6 is 0 Å². The summed E-state index contributed by atoms with van der Waals surface area (Å²) >= 11 is 0. The number of ether oxygens (including phenoxy) is 1. The number of aryl methyl sites for hydroxylation is 1. The summed E-state index contributed by atoms with van der Waals surface area (Å²) in [7, 11) is 0. The molecule has 7 heteroatoms. The van der Waals surface area contributed by atoms with Gasteiger partial charge in [0.2, 0.25) is 0 Å². The van der Waals surface area contributed by atoms with Crippen molar-refractivity contribution < 1.29 is 9.53 Å². The fourth-order valence-electron chi connectivity index (χ4n) is 1.59. The lowest BCUT2D eigenvalue weighted by atomic mass is 10.2.